The van der Waals surface area contributed by atoms with Crippen molar-refractivity contribution in [3.63, 3.8) is 0 Å². The Labute approximate surface area is 115 Å². The first-order valence-corrected chi connectivity index (χ1v) is 6.66. The van der Waals surface area contributed by atoms with Crippen LogP contribution in [0.3, 0.4) is 0 Å². The van der Waals surface area contributed by atoms with Gasteiger partial charge in [0.15, 0.2) is 0 Å². The summed E-state index contributed by atoms with van der Waals surface area (Å²) in [5, 5.41) is 0. The summed E-state index contributed by atoms with van der Waals surface area (Å²) < 4.78 is 5.10. The lowest BCUT2D eigenvalue weighted by molar-refractivity contribution is -0.137. The van der Waals surface area contributed by atoms with Gasteiger partial charge in [-0.15, -0.1) is 0 Å². The maximum Gasteiger partial charge on any atom is 0.227 e. The Morgan fingerprint density at radius 3 is 2.47 bits per heavy atom. The molecule has 0 heterocycles. The summed E-state index contributed by atoms with van der Waals surface area (Å²) in [5.41, 5.74) is 6.72. The van der Waals surface area contributed by atoms with E-state index in [-0.39, 0.29) is 17.9 Å². The Morgan fingerprint density at radius 2 is 1.95 bits per heavy atom. The van der Waals surface area contributed by atoms with Crippen LogP contribution in [-0.4, -0.2) is 37.6 Å². The van der Waals surface area contributed by atoms with E-state index in [2.05, 4.69) is 0 Å². The van der Waals surface area contributed by atoms with Crippen molar-refractivity contribution in [3.05, 3.63) is 35.9 Å². The van der Waals surface area contributed by atoms with Crippen molar-refractivity contribution in [2.24, 2.45) is 11.7 Å². The predicted octanol–water partition coefficient (Wildman–Crippen LogP) is 1.82. The highest BCUT2D eigenvalue weighted by Gasteiger charge is 2.24. The van der Waals surface area contributed by atoms with Crippen LogP contribution >= 0.6 is 0 Å². The van der Waals surface area contributed by atoms with E-state index >= 15 is 0 Å². The Kier molecular flexibility index (Phi) is 6.53. The lowest BCUT2D eigenvalue weighted by atomic mass is 10.0. The second-order valence-electron chi connectivity index (χ2n) is 4.75. The summed E-state index contributed by atoms with van der Waals surface area (Å²) in [6.07, 6.45) is 0. The van der Waals surface area contributed by atoms with Gasteiger partial charge in [-0.1, -0.05) is 37.3 Å². The number of nitrogens with two attached hydrogens (primary N) is 1. The van der Waals surface area contributed by atoms with E-state index in [0.29, 0.717) is 19.7 Å². The third kappa shape index (κ3) is 4.33. The normalized spacial score (nSPS) is 13.9. The Balaban J connectivity index is 2.87. The first kappa shape index (κ1) is 15.7. The van der Waals surface area contributed by atoms with Crippen molar-refractivity contribution in [3.8, 4) is 0 Å². The molecule has 1 aromatic rings. The molecular weight excluding hydrogens is 240 g/mol. The number of methoxy groups -OCH3 is 1. The smallest absolute Gasteiger partial charge is 0.227 e. The number of benzene rings is 1. The van der Waals surface area contributed by atoms with Crippen LogP contribution in [-0.2, 0) is 9.53 Å². The maximum absolute atomic E-state index is 12.4. The molecule has 4 nitrogen and oxygen atoms in total. The van der Waals surface area contributed by atoms with Crippen LogP contribution in [0, 0.1) is 5.92 Å². The summed E-state index contributed by atoms with van der Waals surface area (Å²) in [5.74, 6) is -0.0843. The largest absolute Gasteiger partial charge is 0.383 e. The third-order valence-electron chi connectivity index (χ3n) is 3.34. The number of carbonyl (C=O) groups excluding carboxylic acids is 1. The van der Waals surface area contributed by atoms with Gasteiger partial charge in [0.05, 0.1) is 12.6 Å². The molecule has 2 N–H and O–H groups in total. The molecule has 0 fully saturated rings. The third-order valence-corrected chi connectivity index (χ3v) is 3.34. The zero-order valence-corrected chi connectivity index (χ0v) is 12.0. The molecule has 0 saturated carbocycles. The van der Waals surface area contributed by atoms with E-state index in [1.54, 1.807) is 7.11 Å². The molecule has 1 amide bonds. The van der Waals surface area contributed by atoms with Gasteiger partial charge >= 0.3 is 0 Å². The van der Waals surface area contributed by atoms with E-state index in [9.17, 15) is 4.79 Å². The summed E-state index contributed by atoms with van der Waals surface area (Å²) in [7, 11) is 1.64. The van der Waals surface area contributed by atoms with Crippen LogP contribution in [0.2, 0.25) is 0 Å². The molecule has 2 atom stereocenters. The minimum absolute atomic E-state index is 0.0258. The molecule has 0 aliphatic carbocycles. The van der Waals surface area contributed by atoms with Crippen LogP contribution < -0.4 is 5.73 Å². The SMILES string of the molecule is COCCN(C(=O)C(C)CN)C(C)c1ccccc1. The topological polar surface area (TPSA) is 55.6 Å². The lowest BCUT2D eigenvalue weighted by Crippen LogP contribution is -2.41. The van der Waals surface area contributed by atoms with Crippen molar-refractivity contribution in [1.82, 2.24) is 4.90 Å². The van der Waals surface area contributed by atoms with Gasteiger partial charge in [0.2, 0.25) is 5.91 Å². The molecule has 4 heteroatoms. The van der Waals surface area contributed by atoms with Gasteiger partial charge in [0.25, 0.3) is 0 Å². The van der Waals surface area contributed by atoms with Crippen LogP contribution in [0.4, 0.5) is 0 Å². The van der Waals surface area contributed by atoms with Gasteiger partial charge in [-0.25, -0.2) is 0 Å². The highest BCUT2D eigenvalue weighted by atomic mass is 16.5. The molecule has 0 saturated heterocycles. The van der Waals surface area contributed by atoms with Gasteiger partial charge in [0, 0.05) is 26.1 Å². The molecule has 0 radical (unpaired) electrons. The number of rotatable bonds is 7. The van der Waals surface area contributed by atoms with E-state index in [4.69, 9.17) is 10.5 Å². The number of carbonyl (C=O) groups is 1. The van der Waals surface area contributed by atoms with Crippen molar-refractivity contribution in [1.29, 1.82) is 0 Å². The first-order valence-electron chi connectivity index (χ1n) is 6.66. The fourth-order valence-corrected chi connectivity index (χ4v) is 1.98. The zero-order chi connectivity index (χ0) is 14.3. The average Bonchev–Trinajstić information content (AvgIpc) is 2.47. The molecule has 0 aliphatic heterocycles. The van der Waals surface area contributed by atoms with Gasteiger partial charge in [0.1, 0.15) is 0 Å². The predicted molar refractivity (Wildman–Crippen MR) is 76.7 cm³/mol. The molecule has 0 aliphatic rings. The first-order chi connectivity index (χ1) is 9.11. The maximum atomic E-state index is 12.4. The second kappa shape index (κ2) is 7.92. The molecule has 0 aromatic heterocycles. The van der Waals surface area contributed by atoms with E-state index < -0.39 is 0 Å². The number of nitrogens with zero attached hydrogens (tertiary/aromatic N) is 1. The monoisotopic (exact) mass is 264 g/mol. The van der Waals surface area contributed by atoms with Crippen LogP contribution in [0.5, 0.6) is 0 Å². The highest BCUT2D eigenvalue weighted by molar-refractivity contribution is 5.79. The summed E-state index contributed by atoms with van der Waals surface area (Å²) in [6, 6.07) is 10.0. The minimum atomic E-state index is -0.164. The standard InChI is InChI=1S/C15H24N2O2/c1-12(11-16)15(18)17(9-10-19-3)13(2)14-7-5-4-6-8-14/h4-8,12-13H,9-11,16H2,1-3H3. The molecule has 0 spiro atoms. The minimum Gasteiger partial charge on any atom is -0.383 e. The molecular formula is C15H24N2O2. The van der Waals surface area contributed by atoms with Crippen LogP contribution in [0.1, 0.15) is 25.5 Å². The molecule has 0 bridgehead atoms. The summed E-state index contributed by atoms with van der Waals surface area (Å²) in [4.78, 5) is 14.2. The Hall–Kier alpha value is -1.39. The van der Waals surface area contributed by atoms with Crippen LogP contribution in [0.25, 0.3) is 0 Å². The van der Waals surface area contributed by atoms with Crippen molar-refractivity contribution >= 4 is 5.91 Å². The summed E-state index contributed by atoms with van der Waals surface area (Å²) >= 11 is 0. The number of ether oxygens (including phenoxy) is 1. The molecule has 106 valence electrons. The Morgan fingerprint density at radius 1 is 1.32 bits per heavy atom. The van der Waals surface area contributed by atoms with Gasteiger partial charge in [-0.3, -0.25) is 4.79 Å². The fourth-order valence-electron chi connectivity index (χ4n) is 1.98. The average molecular weight is 264 g/mol. The van der Waals surface area contributed by atoms with Crippen molar-refractivity contribution in [2.75, 3.05) is 26.8 Å². The van der Waals surface area contributed by atoms with Gasteiger partial charge in [-0.05, 0) is 12.5 Å². The molecule has 1 rings (SSSR count). The summed E-state index contributed by atoms with van der Waals surface area (Å²) in [6.45, 7) is 5.37. The molecule has 2 unspecified atom stereocenters. The van der Waals surface area contributed by atoms with Gasteiger partial charge in [-0.2, -0.15) is 0 Å². The molecule has 19 heavy (non-hydrogen) atoms. The Bertz CT molecular complexity index is 381. The highest BCUT2D eigenvalue weighted by Crippen LogP contribution is 2.21. The van der Waals surface area contributed by atoms with Gasteiger partial charge < -0.3 is 15.4 Å². The number of amides is 1. The number of hydrogen-bond acceptors (Lipinski definition) is 3. The lowest BCUT2D eigenvalue weighted by Gasteiger charge is -2.31. The van der Waals surface area contributed by atoms with E-state index in [1.807, 2.05) is 49.1 Å². The van der Waals surface area contributed by atoms with Crippen LogP contribution in [0.15, 0.2) is 30.3 Å². The quantitative estimate of drug-likeness (QED) is 0.817. The van der Waals surface area contributed by atoms with Crippen molar-refractivity contribution < 1.29 is 9.53 Å². The van der Waals surface area contributed by atoms with E-state index in [0.717, 1.165) is 5.56 Å². The number of hydrogen-bond donors (Lipinski definition) is 1. The fraction of sp³-hybridized carbons (Fsp3) is 0.533. The molecule has 1 aromatic carbocycles. The van der Waals surface area contributed by atoms with E-state index in [1.165, 1.54) is 0 Å². The second-order valence-corrected chi connectivity index (χ2v) is 4.75. The zero-order valence-electron chi connectivity index (χ0n) is 12.0. The van der Waals surface area contributed by atoms with Crippen molar-refractivity contribution in [2.45, 2.75) is 19.9 Å².